The smallest absolute Gasteiger partial charge is 0.0206 e. The van der Waals surface area contributed by atoms with Crippen LogP contribution in [0.2, 0.25) is 0 Å². The van der Waals surface area contributed by atoms with Gasteiger partial charge < -0.3 is 10.2 Å². The molecule has 1 aromatic rings. The Morgan fingerprint density at radius 1 is 1.21 bits per heavy atom. The lowest BCUT2D eigenvalue weighted by atomic mass is 10.2. The molecule has 2 nitrogen and oxygen atoms in total. The lowest BCUT2D eigenvalue weighted by Gasteiger charge is -2.10. The molecular weight excluding hydrogens is 287 g/mol. The van der Waals surface area contributed by atoms with Crippen molar-refractivity contribution in [2.75, 3.05) is 27.2 Å². The Bertz CT molecular complexity index is 256. The first-order valence-electron chi connectivity index (χ1n) is 4.78. The summed E-state index contributed by atoms with van der Waals surface area (Å²) >= 11 is 2.32. The fraction of sp³-hybridized carbons (Fsp3) is 0.455. The summed E-state index contributed by atoms with van der Waals surface area (Å²) in [5, 5.41) is 3.41. The summed E-state index contributed by atoms with van der Waals surface area (Å²) in [4.78, 5) is 2.18. The molecule has 0 aliphatic rings. The summed E-state index contributed by atoms with van der Waals surface area (Å²) in [5.74, 6) is 0. The summed E-state index contributed by atoms with van der Waals surface area (Å²) in [7, 11) is 4.18. The third-order valence-corrected chi connectivity index (χ3v) is 2.70. The molecule has 1 rings (SSSR count). The second-order valence-corrected chi connectivity index (χ2v) is 4.85. The van der Waals surface area contributed by atoms with Crippen LogP contribution in [0.5, 0.6) is 0 Å². The van der Waals surface area contributed by atoms with Crippen molar-refractivity contribution in [1.29, 1.82) is 0 Å². The minimum absolute atomic E-state index is 0.963. The molecule has 0 amide bonds. The summed E-state index contributed by atoms with van der Waals surface area (Å²) < 4.78 is 1.29. The van der Waals surface area contributed by atoms with Gasteiger partial charge >= 0.3 is 0 Å². The second kappa shape index (κ2) is 6.37. The number of nitrogens with one attached hydrogen (secondary N) is 1. The molecule has 3 heteroatoms. The molecule has 78 valence electrons. The Balaban J connectivity index is 2.21. The van der Waals surface area contributed by atoms with Gasteiger partial charge in [-0.25, -0.2) is 0 Å². The van der Waals surface area contributed by atoms with Crippen molar-refractivity contribution in [3.63, 3.8) is 0 Å². The maximum Gasteiger partial charge on any atom is 0.0206 e. The van der Waals surface area contributed by atoms with Crippen molar-refractivity contribution in [1.82, 2.24) is 10.2 Å². The maximum absolute atomic E-state index is 3.41. The third-order valence-electron chi connectivity index (χ3n) is 1.98. The predicted octanol–water partition coefficient (Wildman–Crippen LogP) is 1.94. The molecule has 0 fully saturated rings. The van der Waals surface area contributed by atoms with Gasteiger partial charge in [0.15, 0.2) is 0 Å². The fourth-order valence-corrected chi connectivity index (χ4v) is 1.50. The zero-order valence-corrected chi connectivity index (χ0v) is 10.9. The van der Waals surface area contributed by atoms with Crippen LogP contribution in [0.25, 0.3) is 0 Å². The molecule has 1 N–H and O–H groups in total. The van der Waals surface area contributed by atoms with E-state index in [0.717, 1.165) is 19.6 Å². The van der Waals surface area contributed by atoms with Crippen LogP contribution in [-0.4, -0.2) is 32.1 Å². The normalized spacial score (nSPS) is 10.9. The van der Waals surface area contributed by atoms with Gasteiger partial charge in [-0.3, -0.25) is 0 Å². The SMILES string of the molecule is CN(C)CCNCc1ccc(I)cc1. The van der Waals surface area contributed by atoms with E-state index < -0.39 is 0 Å². The summed E-state index contributed by atoms with van der Waals surface area (Å²) in [6, 6.07) is 8.63. The molecule has 0 radical (unpaired) electrons. The van der Waals surface area contributed by atoms with E-state index in [1.54, 1.807) is 0 Å². The molecule has 0 heterocycles. The Labute approximate surface area is 99.8 Å². The van der Waals surface area contributed by atoms with E-state index in [-0.39, 0.29) is 0 Å². The molecule has 0 unspecified atom stereocenters. The van der Waals surface area contributed by atoms with Gasteiger partial charge in [0.05, 0.1) is 0 Å². The van der Waals surface area contributed by atoms with Gasteiger partial charge in [-0.1, -0.05) is 12.1 Å². The van der Waals surface area contributed by atoms with Gasteiger partial charge in [-0.05, 0) is 54.4 Å². The molecular formula is C11H17IN2. The highest BCUT2D eigenvalue weighted by Gasteiger charge is 1.93. The van der Waals surface area contributed by atoms with Crippen molar-refractivity contribution in [3.8, 4) is 0 Å². The topological polar surface area (TPSA) is 15.3 Å². The first-order valence-corrected chi connectivity index (χ1v) is 5.86. The molecule has 0 spiro atoms. The van der Waals surface area contributed by atoms with Crippen LogP contribution in [0.1, 0.15) is 5.56 Å². The number of benzene rings is 1. The highest BCUT2D eigenvalue weighted by Crippen LogP contribution is 2.06. The summed E-state index contributed by atoms with van der Waals surface area (Å²) in [6.45, 7) is 3.09. The van der Waals surface area contributed by atoms with Gasteiger partial charge in [0, 0.05) is 23.2 Å². The summed E-state index contributed by atoms with van der Waals surface area (Å²) in [6.07, 6.45) is 0. The van der Waals surface area contributed by atoms with Crippen LogP contribution in [0.15, 0.2) is 24.3 Å². The highest BCUT2D eigenvalue weighted by atomic mass is 127. The van der Waals surface area contributed by atoms with Gasteiger partial charge in [0.25, 0.3) is 0 Å². The molecule has 0 aliphatic heterocycles. The van der Waals surface area contributed by atoms with E-state index >= 15 is 0 Å². The maximum atomic E-state index is 3.41. The Morgan fingerprint density at radius 3 is 2.43 bits per heavy atom. The molecule has 0 aliphatic carbocycles. The zero-order valence-electron chi connectivity index (χ0n) is 8.76. The van der Waals surface area contributed by atoms with Gasteiger partial charge in [0.1, 0.15) is 0 Å². The van der Waals surface area contributed by atoms with Crippen LogP contribution < -0.4 is 5.32 Å². The number of likely N-dealkylation sites (N-methyl/N-ethyl adjacent to an activating group) is 1. The molecule has 1 aromatic carbocycles. The fourth-order valence-electron chi connectivity index (χ4n) is 1.14. The number of rotatable bonds is 5. The van der Waals surface area contributed by atoms with Gasteiger partial charge in [-0.15, -0.1) is 0 Å². The van der Waals surface area contributed by atoms with Crippen LogP contribution in [0.3, 0.4) is 0 Å². The largest absolute Gasteiger partial charge is 0.311 e. The van der Waals surface area contributed by atoms with E-state index in [2.05, 4.69) is 71.2 Å². The number of halogens is 1. The Hall–Kier alpha value is -0.130. The predicted molar refractivity (Wildman–Crippen MR) is 69.4 cm³/mol. The summed E-state index contributed by atoms with van der Waals surface area (Å²) in [5.41, 5.74) is 1.35. The number of nitrogens with zero attached hydrogens (tertiary/aromatic N) is 1. The van der Waals surface area contributed by atoms with Crippen LogP contribution in [0, 0.1) is 3.57 Å². The Kier molecular flexibility index (Phi) is 5.44. The van der Waals surface area contributed by atoms with Crippen molar-refractivity contribution >= 4 is 22.6 Å². The van der Waals surface area contributed by atoms with E-state index in [1.165, 1.54) is 9.13 Å². The molecule has 14 heavy (non-hydrogen) atoms. The van der Waals surface area contributed by atoms with E-state index in [9.17, 15) is 0 Å². The molecule has 0 saturated heterocycles. The minimum Gasteiger partial charge on any atom is -0.311 e. The standard InChI is InChI=1S/C11H17IN2/c1-14(2)8-7-13-9-10-3-5-11(12)6-4-10/h3-6,13H,7-9H2,1-2H3. The highest BCUT2D eigenvalue weighted by molar-refractivity contribution is 14.1. The lowest BCUT2D eigenvalue weighted by molar-refractivity contribution is 0.400. The number of hydrogen-bond donors (Lipinski definition) is 1. The van der Waals surface area contributed by atoms with Crippen LogP contribution in [-0.2, 0) is 6.54 Å². The first kappa shape index (κ1) is 11.9. The lowest BCUT2D eigenvalue weighted by Crippen LogP contribution is -2.26. The van der Waals surface area contributed by atoms with Crippen molar-refractivity contribution in [2.24, 2.45) is 0 Å². The Morgan fingerprint density at radius 2 is 1.86 bits per heavy atom. The molecule has 0 saturated carbocycles. The van der Waals surface area contributed by atoms with Crippen LogP contribution in [0.4, 0.5) is 0 Å². The zero-order chi connectivity index (χ0) is 10.4. The number of hydrogen-bond acceptors (Lipinski definition) is 2. The molecule has 0 bridgehead atoms. The van der Waals surface area contributed by atoms with Gasteiger partial charge in [0.2, 0.25) is 0 Å². The van der Waals surface area contributed by atoms with Crippen LogP contribution >= 0.6 is 22.6 Å². The van der Waals surface area contributed by atoms with Gasteiger partial charge in [-0.2, -0.15) is 0 Å². The first-order chi connectivity index (χ1) is 6.68. The van der Waals surface area contributed by atoms with E-state index in [4.69, 9.17) is 0 Å². The molecule has 0 aromatic heterocycles. The minimum atomic E-state index is 0.963. The quantitative estimate of drug-likeness (QED) is 0.661. The van der Waals surface area contributed by atoms with Crippen molar-refractivity contribution in [3.05, 3.63) is 33.4 Å². The van der Waals surface area contributed by atoms with Crippen molar-refractivity contribution in [2.45, 2.75) is 6.54 Å². The monoisotopic (exact) mass is 304 g/mol. The third kappa shape index (κ3) is 4.93. The van der Waals surface area contributed by atoms with E-state index in [0.29, 0.717) is 0 Å². The van der Waals surface area contributed by atoms with E-state index in [1.807, 2.05) is 0 Å². The molecule has 0 atom stereocenters. The average molecular weight is 304 g/mol. The second-order valence-electron chi connectivity index (χ2n) is 3.61. The average Bonchev–Trinajstić information content (AvgIpc) is 2.15. The van der Waals surface area contributed by atoms with Crippen molar-refractivity contribution < 1.29 is 0 Å².